The van der Waals surface area contributed by atoms with Crippen molar-refractivity contribution in [2.75, 3.05) is 19.7 Å². The Hall–Kier alpha value is -2.74. The first-order valence-electron chi connectivity index (χ1n) is 8.16. The molecule has 8 nitrogen and oxygen atoms in total. The number of likely N-dealkylation sites (tertiary alicyclic amines) is 1. The summed E-state index contributed by atoms with van der Waals surface area (Å²) in [6.45, 7) is 3.71. The first-order chi connectivity index (χ1) is 12.1. The van der Waals surface area contributed by atoms with Crippen molar-refractivity contribution in [1.82, 2.24) is 15.1 Å². The summed E-state index contributed by atoms with van der Waals surface area (Å²) in [6, 6.07) is 9.90. The van der Waals surface area contributed by atoms with Crippen LogP contribution in [0.2, 0.25) is 0 Å². The summed E-state index contributed by atoms with van der Waals surface area (Å²) >= 11 is 0. The van der Waals surface area contributed by atoms with E-state index in [-0.39, 0.29) is 23.0 Å². The molecular formula is C17H20N4O4. The van der Waals surface area contributed by atoms with E-state index in [0.29, 0.717) is 26.3 Å². The van der Waals surface area contributed by atoms with Crippen molar-refractivity contribution in [3.8, 4) is 0 Å². The number of hydrogen-bond acceptors (Lipinski definition) is 5. The molecule has 1 aromatic heterocycles. The fourth-order valence-corrected chi connectivity index (χ4v) is 3.02. The lowest BCUT2D eigenvalue weighted by Crippen LogP contribution is -2.30. The van der Waals surface area contributed by atoms with Gasteiger partial charge in [0.25, 0.3) is 5.91 Å². The SMILES string of the molecule is Cc1[nH]nc(C(=O)N2CC[C@@H](COCc3ccccc3)C2)c1[N+](=O)[O-]. The van der Waals surface area contributed by atoms with E-state index in [4.69, 9.17) is 4.74 Å². The summed E-state index contributed by atoms with van der Waals surface area (Å²) in [5, 5.41) is 17.5. The van der Waals surface area contributed by atoms with E-state index in [1.54, 1.807) is 4.90 Å². The Morgan fingerprint density at radius 2 is 2.20 bits per heavy atom. The number of aryl methyl sites for hydroxylation is 1. The lowest BCUT2D eigenvalue weighted by Gasteiger charge is -2.15. The average molecular weight is 344 g/mol. The molecule has 1 saturated heterocycles. The molecule has 2 aromatic rings. The second kappa shape index (κ2) is 7.43. The predicted molar refractivity (Wildman–Crippen MR) is 90.1 cm³/mol. The zero-order valence-electron chi connectivity index (χ0n) is 14.0. The highest BCUT2D eigenvalue weighted by atomic mass is 16.6. The van der Waals surface area contributed by atoms with Crippen LogP contribution in [0.3, 0.4) is 0 Å². The van der Waals surface area contributed by atoms with Gasteiger partial charge in [-0.25, -0.2) is 0 Å². The van der Waals surface area contributed by atoms with Crippen molar-refractivity contribution in [1.29, 1.82) is 0 Å². The normalized spacial score (nSPS) is 17.0. The number of carbonyl (C=O) groups is 1. The summed E-state index contributed by atoms with van der Waals surface area (Å²) in [6.07, 6.45) is 0.817. The van der Waals surface area contributed by atoms with Crippen molar-refractivity contribution in [3.05, 3.63) is 57.4 Å². The third kappa shape index (κ3) is 3.85. The maximum Gasteiger partial charge on any atom is 0.322 e. The van der Waals surface area contributed by atoms with Crippen LogP contribution >= 0.6 is 0 Å². The molecule has 0 unspecified atom stereocenters. The van der Waals surface area contributed by atoms with Gasteiger partial charge in [-0.1, -0.05) is 30.3 Å². The summed E-state index contributed by atoms with van der Waals surface area (Å²) in [7, 11) is 0. The zero-order valence-corrected chi connectivity index (χ0v) is 14.0. The van der Waals surface area contributed by atoms with Crippen molar-refractivity contribution in [2.24, 2.45) is 5.92 Å². The molecule has 0 saturated carbocycles. The third-order valence-corrected chi connectivity index (χ3v) is 4.34. The van der Waals surface area contributed by atoms with Gasteiger partial charge < -0.3 is 9.64 Å². The second-order valence-electron chi connectivity index (χ2n) is 6.21. The van der Waals surface area contributed by atoms with Gasteiger partial charge in [-0.2, -0.15) is 5.10 Å². The molecule has 25 heavy (non-hydrogen) atoms. The number of amides is 1. The number of hydrogen-bond donors (Lipinski definition) is 1. The van der Waals surface area contributed by atoms with Gasteiger partial charge in [0.1, 0.15) is 5.69 Å². The minimum Gasteiger partial charge on any atom is -0.376 e. The number of aromatic nitrogens is 2. The molecule has 0 radical (unpaired) electrons. The molecule has 1 aliphatic rings. The number of carbonyl (C=O) groups excluding carboxylic acids is 1. The smallest absolute Gasteiger partial charge is 0.322 e. The van der Waals surface area contributed by atoms with E-state index in [9.17, 15) is 14.9 Å². The molecule has 1 aliphatic heterocycles. The largest absolute Gasteiger partial charge is 0.376 e. The van der Waals surface area contributed by atoms with Crippen LogP contribution < -0.4 is 0 Å². The minimum atomic E-state index is -0.567. The fourth-order valence-electron chi connectivity index (χ4n) is 3.02. The number of aromatic amines is 1. The maximum absolute atomic E-state index is 12.5. The minimum absolute atomic E-state index is 0.117. The van der Waals surface area contributed by atoms with E-state index in [2.05, 4.69) is 10.2 Å². The predicted octanol–water partition coefficient (Wildman–Crippen LogP) is 2.31. The number of ether oxygens (including phenoxy) is 1. The highest BCUT2D eigenvalue weighted by Crippen LogP contribution is 2.25. The summed E-state index contributed by atoms with van der Waals surface area (Å²) in [4.78, 5) is 24.7. The number of benzene rings is 1. The lowest BCUT2D eigenvalue weighted by molar-refractivity contribution is -0.385. The van der Waals surface area contributed by atoms with E-state index in [1.807, 2.05) is 30.3 Å². The number of nitrogens with zero attached hydrogens (tertiary/aromatic N) is 3. The molecule has 0 spiro atoms. The van der Waals surface area contributed by atoms with Crippen LogP contribution in [0, 0.1) is 23.0 Å². The molecule has 8 heteroatoms. The lowest BCUT2D eigenvalue weighted by atomic mass is 10.1. The van der Waals surface area contributed by atoms with Crippen molar-refractivity contribution < 1.29 is 14.5 Å². The summed E-state index contributed by atoms with van der Waals surface area (Å²) in [5.74, 6) is -0.173. The van der Waals surface area contributed by atoms with Crippen LogP contribution in [-0.2, 0) is 11.3 Å². The first-order valence-corrected chi connectivity index (χ1v) is 8.16. The molecule has 1 amide bonds. The number of nitrogens with one attached hydrogen (secondary N) is 1. The average Bonchev–Trinajstić information content (AvgIpc) is 3.22. The molecule has 3 rings (SSSR count). The molecule has 132 valence electrons. The highest BCUT2D eigenvalue weighted by Gasteiger charge is 2.34. The Morgan fingerprint density at radius 3 is 2.92 bits per heavy atom. The molecule has 0 bridgehead atoms. The summed E-state index contributed by atoms with van der Waals surface area (Å²) < 4.78 is 5.74. The van der Waals surface area contributed by atoms with E-state index >= 15 is 0 Å². The van der Waals surface area contributed by atoms with E-state index in [1.165, 1.54) is 6.92 Å². The summed E-state index contributed by atoms with van der Waals surface area (Å²) in [5.41, 5.74) is 1.04. The second-order valence-corrected chi connectivity index (χ2v) is 6.21. The number of H-pyrrole nitrogens is 1. The quantitative estimate of drug-likeness (QED) is 0.640. The van der Waals surface area contributed by atoms with Gasteiger partial charge in [0, 0.05) is 19.0 Å². The molecule has 1 atom stereocenters. The molecule has 2 heterocycles. The van der Waals surface area contributed by atoms with Crippen molar-refractivity contribution in [2.45, 2.75) is 20.0 Å². The molecule has 1 fully saturated rings. The standard InChI is InChI=1S/C17H20N4O4/c1-12-16(21(23)24)15(19-18-12)17(22)20-8-7-14(9-20)11-25-10-13-5-3-2-4-6-13/h2-6,14H,7-11H2,1H3,(H,18,19)/t14-/m1/s1. The maximum atomic E-state index is 12.5. The van der Waals surface area contributed by atoms with Crippen LogP contribution in [0.4, 0.5) is 5.69 Å². The van der Waals surface area contributed by atoms with E-state index < -0.39 is 10.8 Å². The Labute approximate surface area is 144 Å². The van der Waals surface area contributed by atoms with Crippen LogP contribution in [0.5, 0.6) is 0 Å². The van der Waals surface area contributed by atoms with Gasteiger partial charge in [-0.05, 0) is 18.9 Å². The number of rotatable bonds is 6. The highest BCUT2D eigenvalue weighted by molar-refractivity contribution is 5.96. The monoisotopic (exact) mass is 344 g/mol. The van der Waals surface area contributed by atoms with Crippen LogP contribution in [0.25, 0.3) is 0 Å². The van der Waals surface area contributed by atoms with Gasteiger partial charge in [0.2, 0.25) is 5.69 Å². The van der Waals surface area contributed by atoms with Crippen LogP contribution in [0.15, 0.2) is 30.3 Å². The topological polar surface area (TPSA) is 101 Å². The number of nitro groups is 1. The molecule has 0 aliphatic carbocycles. The molecule has 1 N–H and O–H groups in total. The first kappa shape index (κ1) is 17.1. The molecular weight excluding hydrogens is 324 g/mol. The van der Waals surface area contributed by atoms with Gasteiger partial charge in [-0.3, -0.25) is 20.0 Å². The van der Waals surface area contributed by atoms with Crippen molar-refractivity contribution >= 4 is 11.6 Å². The van der Waals surface area contributed by atoms with Gasteiger partial charge in [-0.15, -0.1) is 0 Å². The van der Waals surface area contributed by atoms with E-state index in [0.717, 1.165) is 12.0 Å². The zero-order chi connectivity index (χ0) is 17.8. The molecule has 1 aromatic carbocycles. The van der Waals surface area contributed by atoms with Gasteiger partial charge in [0.15, 0.2) is 0 Å². The Balaban J connectivity index is 1.54. The third-order valence-electron chi connectivity index (χ3n) is 4.34. The van der Waals surface area contributed by atoms with Crippen LogP contribution in [0.1, 0.15) is 28.2 Å². The van der Waals surface area contributed by atoms with Gasteiger partial charge >= 0.3 is 5.69 Å². The Bertz CT molecular complexity index is 759. The van der Waals surface area contributed by atoms with Gasteiger partial charge in [0.05, 0.1) is 18.1 Å². The Morgan fingerprint density at radius 1 is 1.44 bits per heavy atom. The van der Waals surface area contributed by atoms with Crippen molar-refractivity contribution in [3.63, 3.8) is 0 Å². The fraction of sp³-hybridized carbons (Fsp3) is 0.412. The Kier molecular flexibility index (Phi) is 5.08. The van der Waals surface area contributed by atoms with Crippen LogP contribution in [-0.4, -0.2) is 45.6 Å².